The molecule has 1 aliphatic carbocycles. The van der Waals surface area contributed by atoms with Crippen LogP contribution in [-0.2, 0) is 9.53 Å². The van der Waals surface area contributed by atoms with Gasteiger partial charge in [0.25, 0.3) is 0 Å². The zero-order chi connectivity index (χ0) is 12.3. The number of nitrogens with two attached hydrogens (primary N) is 1. The third-order valence-electron chi connectivity index (χ3n) is 3.06. The highest BCUT2D eigenvalue weighted by atomic mass is 16.5. The molecule has 96 valence electrons. The molecule has 1 amide bonds. The fourth-order valence-corrected chi connectivity index (χ4v) is 1.89. The number of ether oxygens (including phenoxy) is 1. The summed E-state index contributed by atoms with van der Waals surface area (Å²) in [6, 6.07) is 0.573. The monoisotopic (exact) mass is 240 g/mol. The summed E-state index contributed by atoms with van der Waals surface area (Å²) in [6.07, 6.45) is 3.64. The molecule has 0 aromatic rings. The fourth-order valence-electron chi connectivity index (χ4n) is 1.89. The molecule has 0 aromatic heterocycles. The van der Waals surface area contributed by atoms with Gasteiger partial charge in [-0.1, -0.05) is 0 Å². The van der Waals surface area contributed by atoms with E-state index in [1.807, 2.05) is 0 Å². The molecule has 2 aliphatic rings. The Balaban J connectivity index is 1.69. The smallest absolute Gasteiger partial charge is 0.246 e. The van der Waals surface area contributed by atoms with Gasteiger partial charge in [0.1, 0.15) is 6.10 Å². The van der Waals surface area contributed by atoms with E-state index in [2.05, 4.69) is 15.6 Å². The van der Waals surface area contributed by atoms with Crippen LogP contribution < -0.4 is 16.4 Å². The van der Waals surface area contributed by atoms with Crippen molar-refractivity contribution in [3.05, 3.63) is 0 Å². The number of carbonyl (C=O) groups excluding carboxylic acids is 1. The molecular weight excluding hydrogens is 220 g/mol. The maximum Gasteiger partial charge on any atom is 0.246 e. The van der Waals surface area contributed by atoms with Gasteiger partial charge in [-0.05, 0) is 25.7 Å². The van der Waals surface area contributed by atoms with Crippen LogP contribution in [0.2, 0.25) is 0 Å². The summed E-state index contributed by atoms with van der Waals surface area (Å²) >= 11 is 0. The lowest BCUT2D eigenvalue weighted by Gasteiger charge is -2.15. The third kappa shape index (κ3) is 3.59. The number of nitrogens with one attached hydrogen (secondary N) is 2. The van der Waals surface area contributed by atoms with Gasteiger partial charge in [0.2, 0.25) is 5.91 Å². The molecule has 2 fully saturated rings. The van der Waals surface area contributed by atoms with Gasteiger partial charge in [-0.15, -0.1) is 0 Å². The molecule has 1 aliphatic heterocycles. The van der Waals surface area contributed by atoms with E-state index in [0.29, 0.717) is 12.6 Å². The quantitative estimate of drug-likeness (QED) is 0.450. The first-order valence-corrected chi connectivity index (χ1v) is 6.11. The van der Waals surface area contributed by atoms with Crippen molar-refractivity contribution in [3.63, 3.8) is 0 Å². The zero-order valence-electron chi connectivity index (χ0n) is 10.1. The molecule has 0 aromatic carbocycles. The van der Waals surface area contributed by atoms with Gasteiger partial charge in [-0.25, -0.2) is 0 Å². The minimum atomic E-state index is -0.416. The predicted molar refractivity (Wildman–Crippen MR) is 64.6 cm³/mol. The summed E-state index contributed by atoms with van der Waals surface area (Å²) in [5, 5.41) is 6.49. The number of primary amides is 1. The number of aliphatic imine (C=N–C) groups is 1. The van der Waals surface area contributed by atoms with Crippen LogP contribution in [0.4, 0.5) is 0 Å². The molecule has 6 heteroatoms. The van der Waals surface area contributed by atoms with Crippen molar-refractivity contribution in [2.24, 2.45) is 10.7 Å². The highest BCUT2D eigenvalue weighted by Crippen LogP contribution is 2.19. The van der Waals surface area contributed by atoms with Gasteiger partial charge in [0.15, 0.2) is 5.96 Å². The first kappa shape index (κ1) is 12.2. The Morgan fingerprint density at radius 2 is 2.18 bits per heavy atom. The van der Waals surface area contributed by atoms with Gasteiger partial charge >= 0.3 is 0 Å². The van der Waals surface area contributed by atoms with Crippen LogP contribution in [0, 0.1) is 0 Å². The first-order chi connectivity index (χ1) is 8.19. The molecular formula is C11H20N4O2. The Labute approximate surface area is 101 Å². The minimum absolute atomic E-state index is 0.0465. The van der Waals surface area contributed by atoms with E-state index in [4.69, 9.17) is 10.5 Å². The van der Waals surface area contributed by atoms with Crippen LogP contribution in [0.15, 0.2) is 4.99 Å². The summed E-state index contributed by atoms with van der Waals surface area (Å²) in [6.45, 7) is 0.663. The molecule has 6 nitrogen and oxygen atoms in total. The highest BCUT2D eigenvalue weighted by molar-refractivity contribution is 5.80. The van der Waals surface area contributed by atoms with E-state index >= 15 is 0 Å². The van der Waals surface area contributed by atoms with Crippen molar-refractivity contribution in [1.82, 2.24) is 10.6 Å². The Morgan fingerprint density at radius 3 is 2.71 bits per heavy atom. The molecule has 2 unspecified atom stereocenters. The highest BCUT2D eigenvalue weighted by Gasteiger charge is 2.29. The Kier molecular flexibility index (Phi) is 3.83. The molecule has 1 heterocycles. The van der Waals surface area contributed by atoms with E-state index in [9.17, 15) is 4.79 Å². The average molecular weight is 240 g/mol. The molecule has 4 N–H and O–H groups in total. The lowest BCUT2D eigenvalue weighted by molar-refractivity contribution is -0.128. The second-order valence-electron chi connectivity index (χ2n) is 4.60. The van der Waals surface area contributed by atoms with Crippen LogP contribution in [0.3, 0.4) is 0 Å². The maximum absolute atomic E-state index is 10.9. The minimum Gasteiger partial charge on any atom is -0.367 e. The van der Waals surface area contributed by atoms with E-state index in [1.54, 1.807) is 7.05 Å². The van der Waals surface area contributed by atoms with E-state index in [-0.39, 0.29) is 12.0 Å². The molecule has 0 bridgehead atoms. The lowest BCUT2D eigenvalue weighted by atomic mass is 10.2. The van der Waals surface area contributed by atoms with Gasteiger partial charge < -0.3 is 21.1 Å². The van der Waals surface area contributed by atoms with Crippen LogP contribution >= 0.6 is 0 Å². The summed E-state index contributed by atoms with van der Waals surface area (Å²) in [5.41, 5.74) is 5.20. The molecule has 0 radical (unpaired) electrons. The summed E-state index contributed by atoms with van der Waals surface area (Å²) < 4.78 is 5.52. The normalized spacial score (nSPS) is 29.1. The standard InChI is InChI=1S/C11H20N4O2/c1-13-11(15-7-2-3-7)14-6-8-4-5-9(17-8)10(12)16/h7-9H,2-6H2,1H3,(H2,12,16)(H2,13,14,15). The average Bonchev–Trinajstić information content (AvgIpc) is 2.99. The van der Waals surface area contributed by atoms with Crippen molar-refractivity contribution in [1.29, 1.82) is 0 Å². The summed E-state index contributed by atoms with van der Waals surface area (Å²) in [5.74, 6) is 0.437. The zero-order valence-corrected chi connectivity index (χ0v) is 10.1. The summed E-state index contributed by atoms with van der Waals surface area (Å²) in [4.78, 5) is 15.1. The molecule has 2 rings (SSSR count). The van der Waals surface area contributed by atoms with Crippen LogP contribution in [0.1, 0.15) is 25.7 Å². The number of amides is 1. The number of carbonyl (C=O) groups is 1. The van der Waals surface area contributed by atoms with Crippen LogP contribution in [0.5, 0.6) is 0 Å². The first-order valence-electron chi connectivity index (χ1n) is 6.11. The van der Waals surface area contributed by atoms with Crippen molar-refractivity contribution >= 4 is 11.9 Å². The number of guanidine groups is 1. The topological polar surface area (TPSA) is 88.7 Å². The number of hydrogen-bond donors (Lipinski definition) is 3. The second-order valence-corrected chi connectivity index (χ2v) is 4.60. The molecule has 2 atom stereocenters. The molecule has 1 saturated carbocycles. The third-order valence-corrected chi connectivity index (χ3v) is 3.06. The van der Waals surface area contributed by atoms with Gasteiger partial charge in [-0.3, -0.25) is 9.79 Å². The fraction of sp³-hybridized carbons (Fsp3) is 0.818. The molecule has 17 heavy (non-hydrogen) atoms. The molecule has 1 saturated heterocycles. The van der Waals surface area contributed by atoms with Crippen LogP contribution in [-0.4, -0.2) is 43.7 Å². The largest absolute Gasteiger partial charge is 0.367 e. The van der Waals surface area contributed by atoms with Crippen molar-refractivity contribution in [2.45, 2.75) is 43.9 Å². The van der Waals surface area contributed by atoms with Gasteiger partial charge in [0, 0.05) is 19.6 Å². The SMILES string of the molecule is CN=C(NCC1CCC(C(N)=O)O1)NC1CC1. The van der Waals surface area contributed by atoms with Crippen molar-refractivity contribution in [3.8, 4) is 0 Å². The van der Waals surface area contributed by atoms with E-state index < -0.39 is 6.10 Å². The van der Waals surface area contributed by atoms with Crippen LogP contribution in [0.25, 0.3) is 0 Å². The number of nitrogens with zero attached hydrogens (tertiary/aromatic N) is 1. The van der Waals surface area contributed by atoms with E-state index in [0.717, 1.165) is 18.8 Å². The summed E-state index contributed by atoms with van der Waals surface area (Å²) in [7, 11) is 1.75. The Morgan fingerprint density at radius 1 is 1.41 bits per heavy atom. The van der Waals surface area contributed by atoms with Gasteiger partial charge in [-0.2, -0.15) is 0 Å². The predicted octanol–water partition coefficient (Wildman–Crippen LogP) is -0.653. The lowest BCUT2D eigenvalue weighted by Crippen LogP contribution is -2.42. The van der Waals surface area contributed by atoms with E-state index in [1.165, 1.54) is 12.8 Å². The Bertz CT molecular complexity index is 315. The molecule has 0 spiro atoms. The van der Waals surface area contributed by atoms with Crippen molar-refractivity contribution < 1.29 is 9.53 Å². The number of rotatable bonds is 4. The Hall–Kier alpha value is -1.30. The van der Waals surface area contributed by atoms with Crippen molar-refractivity contribution in [2.75, 3.05) is 13.6 Å². The second kappa shape index (κ2) is 5.35. The maximum atomic E-state index is 10.9. The number of hydrogen-bond acceptors (Lipinski definition) is 3. The van der Waals surface area contributed by atoms with Gasteiger partial charge in [0.05, 0.1) is 6.10 Å².